The van der Waals surface area contributed by atoms with Crippen LogP contribution in [-0.4, -0.2) is 27.3 Å². The van der Waals surface area contributed by atoms with Crippen LogP contribution in [0.15, 0.2) is 52.4 Å². The number of fused-ring (bicyclic) bond motifs is 3. The normalized spacial score (nSPS) is 22.6. The molecule has 1 heterocycles. The van der Waals surface area contributed by atoms with Crippen LogP contribution in [0.25, 0.3) is 16.6 Å². The number of carbonyl (C=O) groups excluding carboxylic acids is 1. The van der Waals surface area contributed by atoms with Gasteiger partial charge in [0, 0.05) is 6.04 Å². The quantitative estimate of drug-likeness (QED) is 0.413. The number of carbonyl (C=O) groups is 1. The number of thioether (sulfide) groups is 1. The van der Waals surface area contributed by atoms with Crippen molar-refractivity contribution >= 4 is 28.6 Å². The molecule has 3 aromatic rings. The molecule has 2 aromatic carbocycles. The van der Waals surface area contributed by atoms with Crippen molar-refractivity contribution in [1.82, 2.24) is 14.9 Å². The van der Waals surface area contributed by atoms with Crippen LogP contribution in [0.4, 0.5) is 0 Å². The molecule has 0 aliphatic heterocycles. The fourth-order valence-corrected chi connectivity index (χ4v) is 6.56. The number of nitrogens with one attached hydrogen (secondary N) is 1. The summed E-state index contributed by atoms with van der Waals surface area (Å²) in [5.41, 5.74) is 3.60. The minimum absolute atomic E-state index is 0.00400. The molecule has 5 rings (SSSR count). The van der Waals surface area contributed by atoms with E-state index in [2.05, 4.69) is 19.2 Å². The van der Waals surface area contributed by atoms with Gasteiger partial charge in [-0.15, -0.1) is 0 Å². The molecule has 6 heteroatoms. The average Bonchev–Trinajstić information content (AvgIpc) is 3.44. The SMILES string of the molecule is Cc1ccc(-n2c(SCC(=O)NC(C)C3CC4CCC3C4)nc3ccccc3c2=O)cc1C. The summed E-state index contributed by atoms with van der Waals surface area (Å²) in [5, 5.41) is 4.35. The molecule has 2 saturated carbocycles. The van der Waals surface area contributed by atoms with E-state index < -0.39 is 0 Å². The molecule has 2 bridgehead atoms. The third-order valence-corrected chi connectivity index (χ3v) is 8.59. The predicted molar refractivity (Wildman–Crippen MR) is 134 cm³/mol. The number of aryl methyl sites for hydroxylation is 2. The summed E-state index contributed by atoms with van der Waals surface area (Å²) < 4.78 is 1.64. The smallest absolute Gasteiger partial charge is 0.266 e. The molecule has 4 atom stereocenters. The van der Waals surface area contributed by atoms with E-state index in [1.165, 1.54) is 43.0 Å². The maximum atomic E-state index is 13.4. The second kappa shape index (κ2) is 8.98. The van der Waals surface area contributed by atoms with Crippen LogP contribution >= 0.6 is 11.8 Å². The molecule has 0 radical (unpaired) electrons. The van der Waals surface area contributed by atoms with Crippen LogP contribution in [0, 0.1) is 31.6 Å². The highest BCUT2D eigenvalue weighted by Crippen LogP contribution is 2.49. The van der Waals surface area contributed by atoms with E-state index in [1.54, 1.807) is 10.6 Å². The Labute approximate surface area is 199 Å². The molecule has 4 unspecified atom stereocenters. The van der Waals surface area contributed by atoms with Gasteiger partial charge in [0.25, 0.3) is 5.56 Å². The number of para-hydroxylation sites is 1. The zero-order valence-electron chi connectivity index (χ0n) is 19.5. The van der Waals surface area contributed by atoms with E-state index >= 15 is 0 Å². The summed E-state index contributed by atoms with van der Waals surface area (Å²) in [5.74, 6) is 2.48. The predicted octanol–water partition coefficient (Wildman–Crippen LogP) is 5.04. The van der Waals surface area contributed by atoms with Crippen LogP contribution < -0.4 is 10.9 Å². The molecule has 33 heavy (non-hydrogen) atoms. The number of benzene rings is 2. The number of nitrogens with zero attached hydrogens (tertiary/aromatic N) is 2. The van der Waals surface area contributed by atoms with Crippen LogP contribution in [0.5, 0.6) is 0 Å². The summed E-state index contributed by atoms with van der Waals surface area (Å²) in [7, 11) is 0. The van der Waals surface area contributed by atoms with Gasteiger partial charge in [0.1, 0.15) is 0 Å². The molecule has 0 saturated heterocycles. The van der Waals surface area contributed by atoms with Gasteiger partial charge in [-0.1, -0.05) is 36.4 Å². The Balaban J connectivity index is 1.39. The molecule has 172 valence electrons. The summed E-state index contributed by atoms with van der Waals surface area (Å²) in [4.78, 5) is 31.0. The first-order valence-corrected chi connectivity index (χ1v) is 12.9. The molecule has 2 aliphatic carbocycles. The van der Waals surface area contributed by atoms with Crippen molar-refractivity contribution in [3.63, 3.8) is 0 Å². The third kappa shape index (κ3) is 4.33. The lowest BCUT2D eigenvalue weighted by atomic mass is 9.84. The van der Waals surface area contributed by atoms with Crippen molar-refractivity contribution in [2.24, 2.45) is 17.8 Å². The summed E-state index contributed by atoms with van der Waals surface area (Å²) in [6, 6.07) is 13.6. The van der Waals surface area contributed by atoms with E-state index in [9.17, 15) is 9.59 Å². The van der Waals surface area contributed by atoms with Gasteiger partial charge in [0.2, 0.25) is 5.91 Å². The van der Waals surface area contributed by atoms with Gasteiger partial charge >= 0.3 is 0 Å². The van der Waals surface area contributed by atoms with Crippen molar-refractivity contribution in [1.29, 1.82) is 0 Å². The molecular weight excluding hydrogens is 430 g/mol. The van der Waals surface area contributed by atoms with Gasteiger partial charge in [-0.05, 0) is 93.2 Å². The molecule has 5 nitrogen and oxygen atoms in total. The summed E-state index contributed by atoms with van der Waals surface area (Å²) >= 11 is 1.33. The van der Waals surface area contributed by atoms with Gasteiger partial charge in [-0.2, -0.15) is 0 Å². The van der Waals surface area contributed by atoms with Crippen molar-refractivity contribution < 1.29 is 4.79 Å². The van der Waals surface area contributed by atoms with Crippen LogP contribution in [0.3, 0.4) is 0 Å². The summed E-state index contributed by atoms with van der Waals surface area (Å²) in [6.07, 6.45) is 5.26. The van der Waals surface area contributed by atoms with Gasteiger partial charge in [-0.25, -0.2) is 4.98 Å². The number of amides is 1. The molecule has 0 spiro atoms. The third-order valence-electron chi connectivity index (χ3n) is 7.65. The standard InChI is InChI=1S/C27H31N3O2S/c1-16-8-11-21(12-17(16)2)30-26(32)22-6-4-5-7-24(22)29-27(30)33-15-25(31)28-18(3)23-14-19-9-10-20(23)13-19/h4-8,11-12,18-20,23H,9-10,13-15H2,1-3H3,(H,28,31). The molecule has 1 N–H and O–H groups in total. The lowest BCUT2D eigenvalue weighted by Gasteiger charge is -2.28. The first-order chi connectivity index (χ1) is 15.9. The van der Waals surface area contributed by atoms with Crippen LogP contribution in [0.2, 0.25) is 0 Å². The topological polar surface area (TPSA) is 64.0 Å². The van der Waals surface area contributed by atoms with Gasteiger partial charge in [0.05, 0.1) is 22.3 Å². The van der Waals surface area contributed by atoms with Gasteiger partial charge in [0.15, 0.2) is 5.16 Å². The Morgan fingerprint density at radius 3 is 2.70 bits per heavy atom. The minimum atomic E-state index is -0.109. The van der Waals surface area contributed by atoms with Gasteiger partial charge in [-0.3, -0.25) is 14.2 Å². The van der Waals surface area contributed by atoms with E-state index in [-0.39, 0.29) is 23.3 Å². The second-order valence-corrected chi connectivity index (χ2v) is 10.7. The maximum absolute atomic E-state index is 13.4. The van der Waals surface area contributed by atoms with E-state index in [1.807, 2.05) is 43.3 Å². The van der Waals surface area contributed by atoms with Crippen molar-refractivity contribution in [3.8, 4) is 5.69 Å². The number of hydrogen-bond acceptors (Lipinski definition) is 4. The first-order valence-electron chi connectivity index (χ1n) is 11.9. The fraction of sp³-hybridized carbons (Fsp3) is 0.444. The fourth-order valence-electron chi connectivity index (χ4n) is 5.74. The zero-order valence-corrected chi connectivity index (χ0v) is 20.3. The van der Waals surface area contributed by atoms with Crippen molar-refractivity contribution in [2.75, 3.05) is 5.75 Å². The Morgan fingerprint density at radius 2 is 1.97 bits per heavy atom. The monoisotopic (exact) mass is 461 g/mol. The van der Waals surface area contributed by atoms with Gasteiger partial charge < -0.3 is 5.32 Å². The largest absolute Gasteiger partial charge is 0.353 e. The van der Waals surface area contributed by atoms with E-state index in [0.29, 0.717) is 22.0 Å². The molecular formula is C27H31N3O2S. The Bertz CT molecular complexity index is 1270. The summed E-state index contributed by atoms with van der Waals surface area (Å²) in [6.45, 7) is 6.24. The number of hydrogen-bond donors (Lipinski definition) is 1. The first kappa shape index (κ1) is 22.2. The number of aromatic nitrogens is 2. The zero-order chi connectivity index (χ0) is 23.1. The lowest BCUT2D eigenvalue weighted by molar-refractivity contribution is -0.119. The number of rotatable bonds is 6. The highest BCUT2D eigenvalue weighted by molar-refractivity contribution is 7.99. The highest BCUT2D eigenvalue weighted by Gasteiger charge is 2.42. The molecule has 2 aliphatic rings. The molecule has 2 fully saturated rings. The van der Waals surface area contributed by atoms with Crippen molar-refractivity contribution in [2.45, 2.75) is 57.7 Å². The minimum Gasteiger partial charge on any atom is -0.353 e. The van der Waals surface area contributed by atoms with Crippen molar-refractivity contribution in [3.05, 3.63) is 63.9 Å². The van der Waals surface area contributed by atoms with Crippen LogP contribution in [0.1, 0.15) is 43.7 Å². The maximum Gasteiger partial charge on any atom is 0.266 e. The lowest BCUT2D eigenvalue weighted by Crippen LogP contribution is -2.41. The van der Waals surface area contributed by atoms with Crippen LogP contribution in [-0.2, 0) is 4.79 Å². The average molecular weight is 462 g/mol. The molecule has 1 amide bonds. The van der Waals surface area contributed by atoms with E-state index in [0.717, 1.165) is 23.1 Å². The van der Waals surface area contributed by atoms with E-state index in [4.69, 9.17) is 4.98 Å². The second-order valence-electron chi connectivity index (χ2n) is 9.80. The highest BCUT2D eigenvalue weighted by atomic mass is 32.2. The molecule has 1 aromatic heterocycles. The Kier molecular flexibility index (Phi) is 6.04. The Hall–Kier alpha value is -2.60. The Morgan fingerprint density at radius 1 is 1.15 bits per heavy atom.